The molecule has 1 aliphatic heterocycles. The molecular formula is C39H48F2O13S. The average molecular weight is 795 g/mol. The highest BCUT2D eigenvalue weighted by Gasteiger charge is 2.69. The second-order valence-corrected chi connectivity index (χ2v) is 21.4. The molecule has 13 aliphatic rings. The summed E-state index contributed by atoms with van der Waals surface area (Å²) in [4.78, 5) is 66.2. The lowest BCUT2D eigenvalue weighted by molar-refractivity contribution is -0.397. The number of carbonyl (C=O) groups is 5. The summed E-state index contributed by atoms with van der Waals surface area (Å²) in [6.07, 6.45) is 8.17. The van der Waals surface area contributed by atoms with Crippen molar-refractivity contribution < 1.29 is 69.4 Å². The summed E-state index contributed by atoms with van der Waals surface area (Å²) in [5.41, 5.74) is -3.93. The molecular weight excluding hydrogens is 746 g/mol. The molecule has 0 aromatic rings. The lowest BCUT2D eigenvalue weighted by Crippen LogP contribution is -2.70. The normalized spacial score (nSPS) is 48.7. The fraction of sp³-hybridized carbons (Fsp3) is 0.872. The van der Waals surface area contributed by atoms with Gasteiger partial charge in [0.2, 0.25) is 0 Å². The Morgan fingerprint density at radius 1 is 0.673 bits per heavy atom. The largest absolute Gasteiger partial charge is 0.465 e. The summed E-state index contributed by atoms with van der Waals surface area (Å²) in [5, 5.41) is -5.11. The first kappa shape index (κ1) is 36.8. The highest BCUT2D eigenvalue weighted by Crippen LogP contribution is 2.65. The van der Waals surface area contributed by atoms with Crippen molar-refractivity contribution >= 4 is 39.6 Å². The predicted octanol–water partition coefficient (Wildman–Crippen LogP) is 4.20. The van der Waals surface area contributed by atoms with Crippen LogP contribution >= 0.6 is 0 Å². The highest BCUT2D eigenvalue weighted by molar-refractivity contribution is 7.87. The molecule has 13 rings (SSSR count). The molecule has 0 aromatic heterocycles. The van der Waals surface area contributed by atoms with E-state index >= 15 is 0 Å². The van der Waals surface area contributed by atoms with E-state index in [0.29, 0.717) is 63.2 Å². The zero-order valence-corrected chi connectivity index (χ0v) is 31.5. The van der Waals surface area contributed by atoms with Gasteiger partial charge in [-0.15, -0.1) is 0 Å². The van der Waals surface area contributed by atoms with Gasteiger partial charge >= 0.3 is 33.3 Å². The van der Waals surface area contributed by atoms with Crippen molar-refractivity contribution in [1.82, 2.24) is 0 Å². The standard InChI is InChI=1S/C39H48F2O13S/c40-39(41,55(47,48)49)33(46)54-37-9-22-5-27(14-37)38(28(6-22)15-37)52-18-34(19-53-38,16-50-31(44)35-7-20-1-23(10-35)29(42)24(2-20)11-35)17-51-32(45)36-8-21-3-25(12-36)30(43)26(4-21)13-36/h20-28H,1-19H2,(H,47,48,49). The van der Waals surface area contributed by atoms with Crippen LogP contribution in [0, 0.1) is 69.5 Å². The number of halogens is 2. The smallest absolute Gasteiger partial charge is 0.464 e. The number of rotatable bonds is 9. The molecule has 1 saturated heterocycles. The molecule has 13 nitrogen and oxygen atoms in total. The van der Waals surface area contributed by atoms with Gasteiger partial charge in [-0.2, -0.15) is 17.2 Å². The lowest BCUT2D eigenvalue weighted by Gasteiger charge is -2.65. The first-order valence-corrected chi connectivity index (χ1v) is 21.6. The molecule has 0 aromatic carbocycles. The number of hydrogen-bond donors (Lipinski definition) is 1. The summed E-state index contributed by atoms with van der Waals surface area (Å²) >= 11 is 0. The Balaban J connectivity index is 0.871. The van der Waals surface area contributed by atoms with Crippen LogP contribution in [0.3, 0.4) is 0 Å². The monoisotopic (exact) mass is 794 g/mol. The Labute approximate surface area is 317 Å². The fourth-order valence-corrected chi connectivity index (χ4v) is 14.6. The van der Waals surface area contributed by atoms with Gasteiger partial charge in [0.1, 0.15) is 30.4 Å². The molecule has 1 heterocycles. The minimum Gasteiger partial charge on any atom is -0.464 e. The zero-order chi connectivity index (χ0) is 38.6. The number of ether oxygens (including phenoxy) is 5. The Morgan fingerprint density at radius 2 is 1.09 bits per heavy atom. The third kappa shape index (κ3) is 5.41. The maximum atomic E-state index is 14.3. The van der Waals surface area contributed by atoms with Gasteiger partial charge in [-0.1, -0.05) is 0 Å². The zero-order valence-electron chi connectivity index (χ0n) is 30.6. The van der Waals surface area contributed by atoms with Crippen molar-refractivity contribution in [2.75, 3.05) is 26.4 Å². The summed E-state index contributed by atoms with van der Waals surface area (Å²) < 4.78 is 91.2. The molecule has 13 fully saturated rings. The van der Waals surface area contributed by atoms with E-state index in [1.54, 1.807) is 0 Å². The van der Waals surface area contributed by atoms with Crippen LogP contribution in [0.2, 0.25) is 0 Å². The molecule has 12 saturated carbocycles. The summed E-state index contributed by atoms with van der Waals surface area (Å²) in [6, 6.07) is 0. The van der Waals surface area contributed by atoms with Gasteiger partial charge in [0.05, 0.1) is 29.5 Å². The Bertz CT molecular complexity index is 1730. The Morgan fingerprint density at radius 3 is 1.51 bits per heavy atom. The third-order valence-electron chi connectivity index (χ3n) is 16.2. The Kier molecular flexibility index (Phi) is 7.87. The van der Waals surface area contributed by atoms with E-state index in [9.17, 15) is 41.2 Å². The van der Waals surface area contributed by atoms with Crippen molar-refractivity contribution in [2.24, 2.45) is 69.5 Å². The van der Waals surface area contributed by atoms with Gasteiger partial charge in [-0.3, -0.25) is 23.7 Å². The van der Waals surface area contributed by atoms with Gasteiger partial charge in [0.15, 0.2) is 5.79 Å². The van der Waals surface area contributed by atoms with E-state index in [0.717, 1.165) is 25.7 Å². The van der Waals surface area contributed by atoms with E-state index < -0.39 is 60.8 Å². The molecule has 6 unspecified atom stereocenters. The number of carbonyl (C=O) groups excluding carboxylic acids is 5. The van der Waals surface area contributed by atoms with E-state index in [1.165, 1.54) is 0 Å². The molecule has 1 spiro atoms. The molecule has 6 atom stereocenters. The molecule has 12 bridgehead atoms. The molecule has 12 aliphatic carbocycles. The van der Waals surface area contributed by atoms with Gasteiger partial charge in [-0.05, 0) is 114 Å². The number of esters is 3. The molecule has 55 heavy (non-hydrogen) atoms. The van der Waals surface area contributed by atoms with E-state index in [2.05, 4.69) is 0 Å². The van der Waals surface area contributed by atoms with Crippen LogP contribution in [0.25, 0.3) is 0 Å². The van der Waals surface area contributed by atoms with E-state index in [1.807, 2.05) is 0 Å². The SMILES string of the molecule is O=C1C2CC3CC1CC(C(=O)OCC1(COC(=O)C45CC6CC(C4)C(=O)C(C6)C5)COC4(OC1)C1CC5CC4CC(OC(=O)C(F)(F)S(=O)(=O)O)(C5)C1)(C3)C2. The van der Waals surface area contributed by atoms with Crippen LogP contribution in [-0.4, -0.2) is 85.5 Å². The summed E-state index contributed by atoms with van der Waals surface area (Å²) in [5.74, 6) is -4.39. The van der Waals surface area contributed by atoms with E-state index in [4.69, 9.17) is 28.2 Å². The first-order valence-electron chi connectivity index (χ1n) is 20.1. The van der Waals surface area contributed by atoms with Crippen molar-refractivity contribution in [3.63, 3.8) is 0 Å². The van der Waals surface area contributed by atoms with Crippen molar-refractivity contribution in [2.45, 2.75) is 113 Å². The van der Waals surface area contributed by atoms with Gasteiger partial charge in [0.25, 0.3) is 0 Å². The minimum absolute atomic E-state index is 0.0163. The molecule has 302 valence electrons. The van der Waals surface area contributed by atoms with Crippen LogP contribution in [0.5, 0.6) is 0 Å². The van der Waals surface area contributed by atoms with Crippen LogP contribution in [-0.2, 0) is 57.8 Å². The summed E-state index contributed by atoms with van der Waals surface area (Å²) in [7, 11) is -6.04. The highest BCUT2D eigenvalue weighted by atomic mass is 32.2. The second kappa shape index (κ2) is 11.8. The molecule has 0 radical (unpaired) electrons. The van der Waals surface area contributed by atoms with Gasteiger partial charge < -0.3 is 23.7 Å². The predicted molar refractivity (Wildman–Crippen MR) is 180 cm³/mol. The third-order valence-corrected chi connectivity index (χ3v) is 17.0. The van der Waals surface area contributed by atoms with Gasteiger partial charge in [-0.25, -0.2) is 4.79 Å². The minimum atomic E-state index is -6.04. The maximum absolute atomic E-state index is 14.3. The quantitative estimate of drug-likeness (QED) is 0.199. The maximum Gasteiger partial charge on any atom is 0.465 e. The first-order chi connectivity index (χ1) is 25.9. The average Bonchev–Trinajstić information content (AvgIpc) is 3.12. The number of Topliss-reactive ketones (excluding diaryl/α,β-unsaturated/α-hetero) is 2. The topological polar surface area (TPSA) is 186 Å². The molecule has 16 heteroatoms. The van der Waals surface area contributed by atoms with Crippen LogP contribution in [0.15, 0.2) is 0 Å². The van der Waals surface area contributed by atoms with Crippen LogP contribution in [0.4, 0.5) is 8.78 Å². The number of ketones is 2. The number of hydrogen-bond acceptors (Lipinski definition) is 12. The van der Waals surface area contributed by atoms with Crippen molar-refractivity contribution in [1.29, 1.82) is 0 Å². The fourth-order valence-electron chi connectivity index (χ4n) is 14.4. The molecule has 1 N–H and O–H groups in total. The number of alkyl halides is 2. The lowest BCUT2D eigenvalue weighted by atomic mass is 9.49. The van der Waals surface area contributed by atoms with E-state index in [-0.39, 0.29) is 98.8 Å². The van der Waals surface area contributed by atoms with Gasteiger partial charge in [0, 0.05) is 35.5 Å². The van der Waals surface area contributed by atoms with Crippen molar-refractivity contribution in [3.05, 3.63) is 0 Å². The van der Waals surface area contributed by atoms with Crippen molar-refractivity contribution in [3.8, 4) is 0 Å². The summed E-state index contributed by atoms with van der Waals surface area (Å²) in [6.45, 7) is -0.349. The Hall–Kier alpha value is -2.56. The van der Waals surface area contributed by atoms with Crippen LogP contribution < -0.4 is 0 Å². The van der Waals surface area contributed by atoms with Crippen LogP contribution in [0.1, 0.15) is 96.3 Å². The second-order valence-electron chi connectivity index (χ2n) is 19.9. The molecule has 0 amide bonds.